The van der Waals surface area contributed by atoms with E-state index in [0.29, 0.717) is 13.0 Å². The first-order valence-electron chi connectivity index (χ1n) is 11.1. The molecule has 3 rings (SSSR count). The number of fused-ring (bicyclic) bond motifs is 3. The molecule has 0 spiro atoms. The average molecular weight is 424 g/mol. The van der Waals surface area contributed by atoms with E-state index >= 15 is 0 Å². The van der Waals surface area contributed by atoms with Gasteiger partial charge < -0.3 is 19.9 Å². The van der Waals surface area contributed by atoms with Gasteiger partial charge in [-0.3, -0.25) is 4.79 Å². The SMILES string of the molecule is CCn1c2ccccc2c2cc(NC(=O)CCCCCNC(=O)OC(C)(C)C)ccc21. The van der Waals surface area contributed by atoms with Crippen LogP contribution in [0.3, 0.4) is 0 Å². The summed E-state index contributed by atoms with van der Waals surface area (Å²) in [6, 6.07) is 14.5. The van der Waals surface area contributed by atoms with Crippen molar-refractivity contribution in [2.75, 3.05) is 11.9 Å². The maximum atomic E-state index is 12.4. The smallest absolute Gasteiger partial charge is 0.407 e. The normalized spacial score (nSPS) is 11.6. The molecule has 0 fully saturated rings. The largest absolute Gasteiger partial charge is 0.444 e. The van der Waals surface area contributed by atoms with Gasteiger partial charge in [0.05, 0.1) is 0 Å². The molecule has 31 heavy (non-hydrogen) atoms. The molecule has 2 amide bonds. The number of aryl methyl sites for hydroxylation is 1. The zero-order chi connectivity index (χ0) is 22.4. The molecule has 2 N–H and O–H groups in total. The van der Waals surface area contributed by atoms with Gasteiger partial charge >= 0.3 is 6.09 Å². The Morgan fingerprint density at radius 3 is 2.45 bits per heavy atom. The highest BCUT2D eigenvalue weighted by molar-refractivity contribution is 6.09. The summed E-state index contributed by atoms with van der Waals surface area (Å²) in [5.74, 6) is 0.0127. The number of alkyl carbamates (subject to hydrolysis) is 1. The standard InChI is InChI=1S/C25H33N3O3/c1-5-28-21-12-9-8-11-19(21)20-17-18(14-15-22(20)28)27-23(29)13-7-6-10-16-26-24(30)31-25(2,3)4/h8-9,11-12,14-15,17H,5-7,10,13,16H2,1-4H3,(H,26,30)(H,27,29). The van der Waals surface area contributed by atoms with Gasteiger partial charge in [0.25, 0.3) is 0 Å². The number of para-hydroxylation sites is 1. The number of rotatable bonds is 8. The number of nitrogens with zero attached hydrogens (tertiary/aromatic N) is 1. The van der Waals surface area contributed by atoms with Gasteiger partial charge in [0, 0.05) is 47.0 Å². The number of hydrogen-bond donors (Lipinski definition) is 2. The van der Waals surface area contributed by atoms with Gasteiger partial charge in [0.2, 0.25) is 5.91 Å². The summed E-state index contributed by atoms with van der Waals surface area (Å²) < 4.78 is 7.49. The Balaban J connectivity index is 1.48. The van der Waals surface area contributed by atoms with E-state index in [0.717, 1.165) is 36.9 Å². The number of carbonyl (C=O) groups excluding carboxylic acids is 2. The number of anilines is 1. The fourth-order valence-corrected chi connectivity index (χ4v) is 3.79. The van der Waals surface area contributed by atoms with Crippen LogP contribution in [0.4, 0.5) is 10.5 Å². The third-order valence-corrected chi connectivity index (χ3v) is 5.12. The molecule has 1 heterocycles. The second kappa shape index (κ2) is 9.86. The van der Waals surface area contributed by atoms with E-state index in [4.69, 9.17) is 4.74 Å². The first-order chi connectivity index (χ1) is 14.8. The zero-order valence-electron chi connectivity index (χ0n) is 19.0. The van der Waals surface area contributed by atoms with E-state index in [-0.39, 0.29) is 5.91 Å². The molecule has 0 unspecified atom stereocenters. The summed E-state index contributed by atoms with van der Waals surface area (Å²) in [6.45, 7) is 9.11. The van der Waals surface area contributed by atoms with E-state index < -0.39 is 11.7 Å². The van der Waals surface area contributed by atoms with Crippen molar-refractivity contribution in [3.05, 3.63) is 42.5 Å². The van der Waals surface area contributed by atoms with E-state index in [1.807, 2.05) is 32.9 Å². The number of hydrogen-bond acceptors (Lipinski definition) is 3. The minimum Gasteiger partial charge on any atom is -0.444 e. The molecule has 2 aromatic carbocycles. The Bertz CT molecular complexity index is 1060. The predicted octanol–water partition coefficient (Wildman–Crippen LogP) is 5.84. The zero-order valence-corrected chi connectivity index (χ0v) is 19.0. The number of aromatic nitrogens is 1. The molecule has 1 aromatic heterocycles. The lowest BCUT2D eigenvalue weighted by Crippen LogP contribution is -2.33. The summed E-state index contributed by atoms with van der Waals surface area (Å²) in [4.78, 5) is 24.0. The number of unbranched alkanes of at least 4 members (excludes halogenated alkanes) is 2. The van der Waals surface area contributed by atoms with Gasteiger partial charge in [0.15, 0.2) is 0 Å². The molecule has 0 aliphatic carbocycles. The van der Waals surface area contributed by atoms with Crippen molar-refractivity contribution in [2.45, 2.75) is 65.5 Å². The maximum absolute atomic E-state index is 12.4. The molecule has 166 valence electrons. The van der Waals surface area contributed by atoms with Crippen molar-refractivity contribution in [1.29, 1.82) is 0 Å². The molecule has 6 nitrogen and oxygen atoms in total. The second-order valence-corrected chi connectivity index (χ2v) is 8.78. The summed E-state index contributed by atoms with van der Waals surface area (Å²) in [5.41, 5.74) is 2.72. The Morgan fingerprint density at radius 2 is 1.71 bits per heavy atom. The van der Waals surface area contributed by atoms with Gasteiger partial charge in [-0.15, -0.1) is 0 Å². The molecular weight excluding hydrogens is 390 g/mol. The average Bonchev–Trinajstić information content (AvgIpc) is 3.02. The van der Waals surface area contributed by atoms with E-state index in [9.17, 15) is 9.59 Å². The molecule has 0 saturated carbocycles. The lowest BCUT2D eigenvalue weighted by atomic mass is 10.1. The third kappa shape index (κ3) is 6.00. The number of amides is 2. The highest BCUT2D eigenvalue weighted by Crippen LogP contribution is 2.31. The number of benzene rings is 2. The number of ether oxygens (including phenoxy) is 1. The minimum atomic E-state index is -0.489. The second-order valence-electron chi connectivity index (χ2n) is 8.78. The van der Waals surface area contributed by atoms with Gasteiger partial charge in [-0.1, -0.05) is 24.6 Å². The van der Waals surface area contributed by atoms with E-state index in [1.165, 1.54) is 16.4 Å². The van der Waals surface area contributed by atoms with Gasteiger partial charge in [0.1, 0.15) is 5.60 Å². The molecule has 0 radical (unpaired) electrons. The van der Waals surface area contributed by atoms with Crippen LogP contribution in [-0.2, 0) is 16.1 Å². The van der Waals surface area contributed by atoms with Crippen LogP contribution in [-0.4, -0.2) is 28.7 Å². The third-order valence-electron chi connectivity index (χ3n) is 5.12. The summed E-state index contributed by atoms with van der Waals surface area (Å²) in [7, 11) is 0. The lowest BCUT2D eigenvalue weighted by molar-refractivity contribution is -0.116. The van der Waals surface area contributed by atoms with Crippen molar-refractivity contribution >= 4 is 39.5 Å². The monoisotopic (exact) mass is 423 g/mol. The Kier molecular flexibility index (Phi) is 7.21. The molecular formula is C25H33N3O3. The van der Waals surface area contributed by atoms with Crippen molar-refractivity contribution in [1.82, 2.24) is 9.88 Å². The highest BCUT2D eigenvalue weighted by atomic mass is 16.6. The van der Waals surface area contributed by atoms with Crippen LogP contribution in [0.2, 0.25) is 0 Å². The molecule has 6 heteroatoms. The maximum Gasteiger partial charge on any atom is 0.407 e. The minimum absolute atomic E-state index is 0.0127. The number of nitrogens with one attached hydrogen (secondary N) is 2. The van der Waals surface area contributed by atoms with E-state index in [1.54, 1.807) is 0 Å². The van der Waals surface area contributed by atoms with Gasteiger partial charge in [-0.2, -0.15) is 0 Å². The van der Waals surface area contributed by atoms with Crippen molar-refractivity contribution < 1.29 is 14.3 Å². The number of carbonyl (C=O) groups is 2. The summed E-state index contributed by atoms with van der Waals surface area (Å²) in [5, 5.41) is 8.12. The Hall–Kier alpha value is -3.02. The van der Waals surface area contributed by atoms with Gasteiger partial charge in [-0.25, -0.2) is 4.79 Å². The first kappa shape index (κ1) is 22.7. The fraction of sp³-hybridized carbons (Fsp3) is 0.440. The quantitative estimate of drug-likeness (QED) is 0.447. The molecule has 0 atom stereocenters. The molecule has 0 aliphatic rings. The van der Waals surface area contributed by atoms with Crippen LogP contribution in [0.15, 0.2) is 42.5 Å². The topological polar surface area (TPSA) is 72.4 Å². The van der Waals surface area contributed by atoms with Crippen molar-refractivity contribution in [3.8, 4) is 0 Å². The summed E-state index contributed by atoms with van der Waals surface area (Å²) >= 11 is 0. The van der Waals surface area contributed by atoms with Crippen LogP contribution in [0.5, 0.6) is 0 Å². The first-order valence-corrected chi connectivity index (χ1v) is 11.1. The van der Waals surface area contributed by atoms with Crippen LogP contribution >= 0.6 is 0 Å². The van der Waals surface area contributed by atoms with Crippen LogP contribution < -0.4 is 10.6 Å². The molecule has 0 aliphatic heterocycles. The molecule has 3 aromatic rings. The van der Waals surface area contributed by atoms with Crippen molar-refractivity contribution in [2.24, 2.45) is 0 Å². The highest BCUT2D eigenvalue weighted by Gasteiger charge is 2.15. The van der Waals surface area contributed by atoms with Gasteiger partial charge in [-0.05, 0) is 64.8 Å². The van der Waals surface area contributed by atoms with Crippen LogP contribution in [0.25, 0.3) is 21.8 Å². The molecule has 0 saturated heterocycles. The van der Waals surface area contributed by atoms with Crippen LogP contribution in [0, 0.1) is 0 Å². The predicted molar refractivity (Wildman–Crippen MR) is 126 cm³/mol. The summed E-state index contributed by atoms with van der Waals surface area (Å²) in [6.07, 6.45) is 2.52. The fourth-order valence-electron chi connectivity index (χ4n) is 3.79. The van der Waals surface area contributed by atoms with E-state index in [2.05, 4.69) is 52.5 Å². The van der Waals surface area contributed by atoms with Crippen LogP contribution in [0.1, 0.15) is 53.4 Å². The molecule has 0 bridgehead atoms. The Labute approximate surface area is 183 Å². The Morgan fingerprint density at radius 1 is 0.968 bits per heavy atom. The van der Waals surface area contributed by atoms with Crippen molar-refractivity contribution in [3.63, 3.8) is 0 Å². The lowest BCUT2D eigenvalue weighted by Gasteiger charge is -2.19.